The first-order chi connectivity index (χ1) is 12.3. The van der Waals surface area contributed by atoms with Crippen molar-refractivity contribution in [3.8, 4) is 5.75 Å². The van der Waals surface area contributed by atoms with Gasteiger partial charge in [-0.05, 0) is 37.1 Å². The van der Waals surface area contributed by atoms with Gasteiger partial charge in [-0.1, -0.05) is 38.0 Å². The number of benzene rings is 1. The number of esters is 1. The number of rotatable bonds is 10. The number of ether oxygens (including phenoxy) is 3. The first kappa shape index (κ1) is 22.0. The number of hydrogen-bond donors (Lipinski definition) is 0. The number of halogens is 3. The van der Waals surface area contributed by atoms with Crippen LogP contribution in [0.25, 0.3) is 0 Å². The highest BCUT2D eigenvalue weighted by molar-refractivity contribution is 5.75. The van der Waals surface area contributed by atoms with Crippen molar-refractivity contribution in [3.05, 3.63) is 42.0 Å². The topological polar surface area (TPSA) is 44.8 Å². The number of carbonyl (C=O) groups excluding carboxylic acids is 1. The Bertz CT molecular complexity index is 567. The third kappa shape index (κ3) is 7.91. The van der Waals surface area contributed by atoms with E-state index in [1.165, 1.54) is 6.08 Å². The average molecular weight is 374 g/mol. The molecule has 7 heteroatoms. The SMILES string of the molecule is CCCC/C=C\[C@H](OC(=O)C(F)(F)F)[C@H](C)OCc1ccc(OC)cc1. The summed E-state index contributed by atoms with van der Waals surface area (Å²) in [5.41, 5.74) is 0.827. The predicted octanol–water partition coefficient (Wildman–Crippen LogP) is 4.82. The van der Waals surface area contributed by atoms with E-state index in [-0.39, 0.29) is 6.61 Å². The number of alkyl halides is 3. The normalized spacial score (nSPS) is 14.2. The Morgan fingerprint density at radius 3 is 2.42 bits per heavy atom. The molecule has 1 rings (SSSR count). The van der Waals surface area contributed by atoms with E-state index in [1.807, 2.05) is 6.92 Å². The lowest BCUT2D eigenvalue weighted by atomic mass is 10.1. The Kier molecular flexibility index (Phi) is 9.19. The van der Waals surface area contributed by atoms with Gasteiger partial charge in [-0.3, -0.25) is 0 Å². The highest BCUT2D eigenvalue weighted by Gasteiger charge is 2.42. The highest BCUT2D eigenvalue weighted by Crippen LogP contribution is 2.20. The van der Waals surface area contributed by atoms with E-state index >= 15 is 0 Å². The summed E-state index contributed by atoms with van der Waals surface area (Å²) < 4.78 is 52.7. The quantitative estimate of drug-likeness (QED) is 0.335. The molecule has 0 saturated heterocycles. The summed E-state index contributed by atoms with van der Waals surface area (Å²) in [6, 6.07) is 7.10. The summed E-state index contributed by atoms with van der Waals surface area (Å²) >= 11 is 0. The molecule has 0 aromatic heterocycles. The van der Waals surface area contributed by atoms with Gasteiger partial charge in [-0.25, -0.2) is 4.79 Å². The standard InChI is InChI=1S/C19H25F3O4/c1-4-5-6-7-8-17(26-18(23)19(20,21)22)14(2)25-13-15-9-11-16(24-3)12-10-15/h7-12,14,17H,4-6,13H2,1-3H3/b8-7-/t14-,17-/m0/s1. The van der Waals surface area contributed by atoms with Crippen molar-refractivity contribution < 1.29 is 32.2 Å². The third-order valence-electron chi connectivity index (χ3n) is 3.66. The Hall–Kier alpha value is -2.02. The van der Waals surface area contributed by atoms with Crippen molar-refractivity contribution in [2.45, 2.75) is 58.1 Å². The first-order valence-electron chi connectivity index (χ1n) is 8.47. The molecule has 0 heterocycles. The molecule has 0 N–H and O–H groups in total. The zero-order chi connectivity index (χ0) is 19.6. The molecule has 146 valence electrons. The van der Waals surface area contributed by atoms with E-state index in [1.54, 1.807) is 44.4 Å². The second kappa shape index (κ2) is 10.9. The second-order valence-corrected chi connectivity index (χ2v) is 5.80. The van der Waals surface area contributed by atoms with Crippen molar-refractivity contribution in [3.63, 3.8) is 0 Å². The molecule has 0 aliphatic rings. The van der Waals surface area contributed by atoms with Crippen LogP contribution in [0.5, 0.6) is 5.75 Å². The molecular weight excluding hydrogens is 349 g/mol. The molecule has 0 aliphatic carbocycles. The summed E-state index contributed by atoms with van der Waals surface area (Å²) in [5, 5.41) is 0. The van der Waals surface area contributed by atoms with Crippen LogP contribution in [0, 0.1) is 0 Å². The molecule has 0 radical (unpaired) electrons. The van der Waals surface area contributed by atoms with Gasteiger partial charge in [0.15, 0.2) is 0 Å². The summed E-state index contributed by atoms with van der Waals surface area (Å²) in [5.74, 6) is -1.53. The van der Waals surface area contributed by atoms with Crippen LogP contribution < -0.4 is 4.74 Å². The molecule has 0 aliphatic heterocycles. The molecule has 0 unspecified atom stereocenters. The Morgan fingerprint density at radius 1 is 1.23 bits per heavy atom. The third-order valence-corrected chi connectivity index (χ3v) is 3.66. The van der Waals surface area contributed by atoms with Crippen LogP contribution in [0.2, 0.25) is 0 Å². The van der Waals surface area contributed by atoms with Crippen LogP contribution >= 0.6 is 0 Å². The average Bonchev–Trinajstić information content (AvgIpc) is 2.61. The van der Waals surface area contributed by atoms with Gasteiger partial charge < -0.3 is 14.2 Å². The van der Waals surface area contributed by atoms with Crippen LogP contribution in [-0.4, -0.2) is 31.5 Å². The van der Waals surface area contributed by atoms with Gasteiger partial charge in [0.25, 0.3) is 0 Å². The molecule has 1 aromatic rings. The first-order valence-corrected chi connectivity index (χ1v) is 8.47. The van der Waals surface area contributed by atoms with Crippen molar-refractivity contribution in [1.29, 1.82) is 0 Å². The van der Waals surface area contributed by atoms with E-state index in [0.717, 1.165) is 18.4 Å². The van der Waals surface area contributed by atoms with Gasteiger partial charge in [-0.15, -0.1) is 0 Å². The molecule has 0 saturated carbocycles. The van der Waals surface area contributed by atoms with Gasteiger partial charge >= 0.3 is 12.1 Å². The fourth-order valence-electron chi connectivity index (χ4n) is 2.08. The lowest BCUT2D eigenvalue weighted by Crippen LogP contribution is -2.35. The molecule has 4 nitrogen and oxygen atoms in total. The molecule has 1 aromatic carbocycles. The van der Waals surface area contributed by atoms with Crippen molar-refractivity contribution >= 4 is 5.97 Å². The van der Waals surface area contributed by atoms with E-state index in [2.05, 4.69) is 4.74 Å². The van der Waals surface area contributed by atoms with Crippen molar-refractivity contribution in [1.82, 2.24) is 0 Å². The minimum atomic E-state index is -5.04. The van der Waals surface area contributed by atoms with E-state index in [4.69, 9.17) is 9.47 Å². The van der Waals surface area contributed by atoms with Gasteiger partial charge in [-0.2, -0.15) is 13.2 Å². The number of unbranched alkanes of at least 4 members (excludes halogenated alkanes) is 2. The van der Waals surface area contributed by atoms with Crippen LogP contribution in [0.3, 0.4) is 0 Å². The number of carbonyl (C=O) groups is 1. The molecule has 0 spiro atoms. The minimum absolute atomic E-state index is 0.175. The number of methoxy groups -OCH3 is 1. The van der Waals surface area contributed by atoms with Crippen LogP contribution in [-0.2, 0) is 20.9 Å². The van der Waals surface area contributed by atoms with Gasteiger partial charge in [0.1, 0.15) is 11.9 Å². The molecule has 2 atom stereocenters. The van der Waals surface area contributed by atoms with Crippen LogP contribution in [0.1, 0.15) is 38.7 Å². The summed E-state index contributed by atoms with van der Waals surface area (Å²) in [4.78, 5) is 11.2. The van der Waals surface area contributed by atoms with Gasteiger partial charge in [0, 0.05) is 0 Å². The molecule has 0 amide bonds. The summed E-state index contributed by atoms with van der Waals surface area (Å²) in [6.07, 6.45) is -1.16. The van der Waals surface area contributed by atoms with E-state index < -0.39 is 24.4 Å². The maximum Gasteiger partial charge on any atom is 0.490 e. The molecular formula is C19H25F3O4. The molecule has 0 bridgehead atoms. The van der Waals surface area contributed by atoms with Crippen LogP contribution in [0.15, 0.2) is 36.4 Å². The Balaban J connectivity index is 2.69. The fourth-order valence-corrected chi connectivity index (χ4v) is 2.08. The fraction of sp³-hybridized carbons (Fsp3) is 0.526. The lowest BCUT2D eigenvalue weighted by Gasteiger charge is -2.22. The van der Waals surface area contributed by atoms with Crippen LogP contribution in [0.4, 0.5) is 13.2 Å². The lowest BCUT2D eigenvalue weighted by molar-refractivity contribution is -0.207. The highest BCUT2D eigenvalue weighted by atomic mass is 19.4. The number of hydrogen-bond acceptors (Lipinski definition) is 4. The van der Waals surface area contributed by atoms with E-state index in [0.29, 0.717) is 12.2 Å². The van der Waals surface area contributed by atoms with E-state index in [9.17, 15) is 18.0 Å². The predicted molar refractivity (Wildman–Crippen MR) is 91.8 cm³/mol. The number of allylic oxidation sites excluding steroid dienone is 1. The van der Waals surface area contributed by atoms with Gasteiger partial charge in [0.05, 0.1) is 19.8 Å². The van der Waals surface area contributed by atoms with Gasteiger partial charge in [0.2, 0.25) is 0 Å². The van der Waals surface area contributed by atoms with Crippen molar-refractivity contribution in [2.75, 3.05) is 7.11 Å². The van der Waals surface area contributed by atoms with Crippen molar-refractivity contribution in [2.24, 2.45) is 0 Å². The smallest absolute Gasteiger partial charge is 0.490 e. The Morgan fingerprint density at radius 2 is 1.88 bits per heavy atom. The monoisotopic (exact) mass is 374 g/mol. The largest absolute Gasteiger partial charge is 0.497 e. The second-order valence-electron chi connectivity index (χ2n) is 5.80. The summed E-state index contributed by atoms with van der Waals surface area (Å²) in [7, 11) is 1.55. The molecule has 0 fully saturated rings. The minimum Gasteiger partial charge on any atom is -0.497 e. The zero-order valence-electron chi connectivity index (χ0n) is 15.2. The Labute approximate surface area is 151 Å². The molecule has 26 heavy (non-hydrogen) atoms. The zero-order valence-corrected chi connectivity index (χ0v) is 15.2. The maximum atomic E-state index is 12.5. The maximum absolute atomic E-state index is 12.5. The summed E-state index contributed by atoms with van der Waals surface area (Å²) in [6.45, 7) is 3.76.